The van der Waals surface area contributed by atoms with Crippen molar-refractivity contribution in [2.24, 2.45) is 0 Å². The Morgan fingerprint density at radius 3 is 2.63 bits per heavy atom. The number of hydrogen-bond acceptors (Lipinski definition) is 3. The zero-order valence-corrected chi connectivity index (χ0v) is 11.8. The smallest absolute Gasteiger partial charge is 0.160 e. The Labute approximate surface area is 117 Å². The molecule has 19 heavy (non-hydrogen) atoms. The largest absolute Gasteiger partial charge is 0.493 e. The van der Waals surface area contributed by atoms with Gasteiger partial charge in [-0.1, -0.05) is 6.07 Å². The van der Waals surface area contributed by atoms with Crippen LogP contribution in [0.1, 0.15) is 11.4 Å². The van der Waals surface area contributed by atoms with Crippen LogP contribution < -0.4 is 9.47 Å². The van der Waals surface area contributed by atoms with E-state index in [-0.39, 0.29) is 5.38 Å². The van der Waals surface area contributed by atoms with Gasteiger partial charge >= 0.3 is 0 Å². The Morgan fingerprint density at radius 2 is 2.00 bits per heavy atom. The van der Waals surface area contributed by atoms with E-state index in [1.54, 1.807) is 26.6 Å². The Kier molecular flexibility index (Phi) is 4.68. The fourth-order valence-corrected chi connectivity index (χ4v) is 2.28. The van der Waals surface area contributed by atoms with E-state index < -0.39 is 0 Å². The number of imidazole rings is 1. The van der Waals surface area contributed by atoms with Crippen molar-refractivity contribution < 1.29 is 9.47 Å². The lowest BCUT2D eigenvalue weighted by Gasteiger charge is -2.11. The van der Waals surface area contributed by atoms with Crippen molar-refractivity contribution >= 4 is 11.6 Å². The number of ether oxygens (including phenoxy) is 2. The quantitative estimate of drug-likeness (QED) is 0.828. The molecule has 2 rings (SSSR count). The number of nitrogens with zero attached hydrogens (tertiary/aromatic N) is 1. The number of benzene rings is 1. The average molecular weight is 281 g/mol. The molecule has 0 saturated heterocycles. The third-order valence-electron chi connectivity index (χ3n) is 2.87. The van der Waals surface area contributed by atoms with Crippen LogP contribution in [0, 0.1) is 0 Å². The molecule has 0 spiro atoms. The Morgan fingerprint density at radius 1 is 1.21 bits per heavy atom. The van der Waals surface area contributed by atoms with Gasteiger partial charge in [0.2, 0.25) is 0 Å². The molecule has 4 nitrogen and oxygen atoms in total. The fraction of sp³-hybridized carbons (Fsp3) is 0.357. The van der Waals surface area contributed by atoms with E-state index in [0.29, 0.717) is 6.42 Å². The van der Waals surface area contributed by atoms with Gasteiger partial charge < -0.3 is 14.5 Å². The molecule has 1 heterocycles. The van der Waals surface area contributed by atoms with E-state index in [2.05, 4.69) is 9.97 Å². The maximum absolute atomic E-state index is 6.34. The lowest BCUT2D eigenvalue weighted by Crippen LogP contribution is -2.08. The maximum Gasteiger partial charge on any atom is 0.160 e. The molecule has 0 aliphatic heterocycles. The number of aromatic amines is 1. The Balaban J connectivity index is 2.02. The maximum atomic E-state index is 6.34. The van der Waals surface area contributed by atoms with Gasteiger partial charge in [-0.05, 0) is 24.1 Å². The van der Waals surface area contributed by atoms with Gasteiger partial charge in [0, 0.05) is 24.2 Å². The minimum absolute atomic E-state index is 0.00995. The van der Waals surface area contributed by atoms with Crippen molar-refractivity contribution in [1.82, 2.24) is 9.97 Å². The zero-order valence-electron chi connectivity index (χ0n) is 11.0. The van der Waals surface area contributed by atoms with Crippen molar-refractivity contribution in [2.75, 3.05) is 14.2 Å². The number of H-pyrrole nitrogens is 1. The second kappa shape index (κ2) is 6.48. The van der Waals surface area contributed by atoms with Gasteiger partial charge in [0.15, 0.2) is 11.5 Å². The molecule has 0 saturated carbocycles. The summed E-state index contributed by atoms with van der Waals surface area (Å²) in [7, 11) is 3.25. The molecule has 5 heteroatoms. The van der Waals surface area contributed by atoms with Crippen molar-refractivity contribution in [3.63, 3.8) is 0 Å². The first-order valence-electron chi connectivity index (χ1n) is 6.06. The summed E-state index contributed by atoms with van der Waals surface area (Å²) >= 11 is 6.34. The summed E-state index contributed by atoms with van der Waals surface area (Å²) in [4.78, 5) is 7.23. The minimum atomic E-state index is -0.00995. The lowest BCUT2D eigenvalue weighted by atomic mass is 10.1. The normalized spacial score (nSPS) is 12.2. The standard InChI is InChI=1S/C14H17ClN2O2/c1-18-12-4-3-10(8-13(12)19-2)7-11(15)9-14-16-5-6-17-14/h3-6,8,11H,7,9H2,1-2H3,(H,16,17). The van der Waals surface area contributed by atoms with Crippen LogP contribution in [0.25, 0.3) is 0 Å². The molecule has 0 fully saturated rings. The van der Waals surface area contributed by atoms with Gasteiger partial charge in [-0.15, -0.1) is 11.6 Å². The molecule has 1 aromatic heterocycles. The van der Waals surface area contributed by atoms with Gasteiger partial charge in [-0.2, -0.15) is 0 Å². The van der Waals surface area contributed by atoms with E-state index in [1.807, 2.05) is 18.2 Å². The monoisotopic (exact) mass is 280 g/mol. The van der Waals surface area contributed by atoms with Crippen LogP contribution in [0.3, 0.4) is 0 Å². The van der Waals surface area contributed by atoms with Crippen LogP contribution in [0.5, 0.6) is 11.5 Å². The van der Waals surface area contributed by atoms with Gasteiger partial charge in [0.25, 0.3) is 0 Å². The fourth-order valence-electron chi connectivity index (χ4n) is 1.95. The summed E-state index contributed by atoms with van der Waals surface area (Å²) in [6.45, 7) is 0. The van der Waals surface area contributed by atoms with Crippen molar-refractivity contribution in [3.05, 3.63) is 42.0 Å². The predicted molar refractivity (Wildman–Crippen MR) is 75.2 cm³/mol. The summed E-state index contributed by atoms with van der Waals surface area (Å²) in [6.07, 6.45) is 5.00. The summed E-state index contributed by atoms with van der Waals surface area (Å²) < 4.78 is 10.5. The van der Waals surface area contributed by atoms with Crippen LogP contribution in [-0.4, -0.2) is 29.6 Å². The van der Waals surface area contributed by atoms with E-state index >= 15 is 0 Å². The third-order valence-corrected chi connectivity index (χ3v) is 3.18. The van der Waals surface area contributed by atoms with Crippen LogP contribution >= 0.6 is 11.6 Å². The van der Waals surface area contributed by atoms with Crippen molar-refractivity contribution in [1.29, 1.82) is 0 Å². The Hall–Kier alpha value is -1.68. The van der Waals surface area contributed by atoms with Gasteiger partial charge in [0.1, 0.15) is 5.82 Å². The van der Waals surface area contributed by atoms with E-state index in [1.165, 1.54) is 0 Å². The molecule has 102 valence electrons. The van der Waals surface area contributed by atoms with Crippen molar-refractivity contribution in [3.8, 4) is 11.5 Å². The second-order valence-corrected chi connectivity index (χ2v) is 4.85. The molecule has 0 bridgehead atoms. The van der Waals surface area contributed by atoms with E-state index in [4.69, 9.17) is 21.1 Å². The number of halogens is 1. The predicted octanol–water partition coefficient (Wildman–Crippen LogP) is 2.82. The van der Waals surface area contributed by atoms with Gasteiger partial charge in [0.05, 0.1) is 14.2 Å². The van der Waals surface area contributed by atoms with E-state index in [9.17, 15) is 0 Å². The SMILES string of the molecule is COc1ccc(CC(Cl)Cc2ncc[nH]2)cc1OC. The molecule has 2 aromatic rings. The molecule has 1 N–H and O–H groups in total. The Bertz CT molecular complexity index is 514. The topological polar surface area (TPSA) is 47.1 Å². The molecular formula is C14H17ClN2O2. The number of rotatable bonds is 6. The first-order chi connectivity index (χ1) is 9.22. The highest BCUT2D eigenvalue weighted by Gasteiger charge is 2.11. The molecule has 0 aliphatic rings. The minimum Gasteiger partial charge on any atom is -0.493 e. The van der Waals surface area contributed by atoms with Gasteiger partial charge in [-0.3, -0.25) is 0 Å². The number of alkyl halides is 1. The van der Waals surface area contributed by atoms with Crippen LogP contribution in [0.15, 0.2) is 30.6 Å². The van der Waals surface area contributed by atoms with Crippen LogP contribution in [0.4, 0.5) is 0 Å². The highest BCUT2D eigenvalue weighted by molar-refractivity contribution is 6.20. The average Bonchev–Trinajstić information content (AvgIpc) is 2.91. The zero-order chi connectivity index (χ0) is 13.7. The summed E-state index contributed by atoms with van der Waals surface area (Å²) in [5.74, 6) is 2.35. The lowest BCUT2D eigenvalue weighted by molar-refractivity contribution is 0.354. The number of nitrogens with one attached hydrogen (secondary N) is 1. The molecular weight excluding hydrogens is 264 g/mol. The van der Waals surface area contributed by atoms with Crippen LogP contribution in [-0.2, 0) is 12.8 Å². The number of methoxy groups -OCH3 is 2. The first-order valence-corrected chi connectivity index (χ1v) is 6.49. The first kappa shape index (κ1) is 13.7. The summed E-state index contributed by atoms with van der Waals surface area (Å²) in [6, 6.07) is 5.85. The highest BCUT2D eigenvalue weighted by atomic mass is 35.5. The highest BCUT2D eigenvalue weighted by Crippen LogP contribution is 2.28. The summed E-state index contributed by atoms with van der Waals surface area (Å²) in [5, 5.41) is -0.00995. The third kappa shape index (κ3) is 3.64. The summed E-state index contributed by atoms with van der Waals surface area (Å²) in [5.41, 5.74) is 1.12. The molecule has 1 aromatic carbocycles. The number of hydrogen-bond donors (Lipinski definition) is 1. The molecule has 0 radical (unpaired) electrons. The molecule has 0 aliphatic carbocycles. The second-order valence-electron chi connectivity index (χ2n) is 4.23. The molecule has 0 amide bonds. The van der Waals surface area contributed by atoms with Crippen molar-refractivity contribution in [2.45, 2.75) is 18.2 Å². The molecule has 1 unspecified atom stereocenters. The van der Waals surface area contributed by atoms with E-state index in [0.717, 1.165) is 29.3 Å². The molecule has 1 atom stereocenters. The number of aromatic nitrogens is 2. The van der Waals surface area contributed by atoms with Crippen LogP contribution in [0.2, 0.25) is 0 Å². The van der Waals surface area contributed by atoms with Gasteiger partial charge in [-0.25, -0.2) is 4.98 Å².